The van der Waals surface area contributed by atoms with E-state index in [1.807, 2.05) is 0 Å². The average molecular weight is 183 g/mol. The number of hydrogen-bond donors (Lipinski definition) is 2. The summed E-state index contributed by atoms with van der Waals surface area (Å²) >= 11 is 0. The fraction of sp³-hybridized carbons (Fsp3) is 0.778. The molecule has 2 rings (SSSR count). The Bertz CT molecular complexity index is 256. The highest BCUT2D eigenvalue weighted by Gasteiger charge is 2.48. The Balaban J connectivity index is 2.25. The van der Waals surface area contributed by atoms with Crippen molar-refractivity contribution in [3.8, 4) is 0 Å². The van der Waals surface area contributed by atoms with Gasteiger partial charge in [0.2, 0.25) is 5.91 Å². The summed E-state index contributed by atoms with van der Waals surface area (Å²) in [4.78, 5) is 22.3. The lowest BCUT2D eigenvalue weighted by atomic mass is 9.74. The molecule has 13 heavy (non-hydrogen) atoms. The molecule has 1 atom stereocenters. The molecule has 0 radical (unpaired) electrons. The van der Waals surface area contributed by atoms with Gasteiger partial charge in [0, 0.05) is 11.8 Å². The van der Waals surface area contributed by atoms with E-state index in [4.69, 9.17) is 0 Å². The van der Waals surface area contributed by atoms with Gasteiger partial charge < -0.3 is 5.11 Å². The van der Waals surface area contributed by atoms with Crippen molar-refractivity contribution in [3.05, 3.63) is 0 Å². The van der Waals surface area contributed by atoms with E-state index in [9.17, 15) is 14.7 Å². The van der Waals surface area contributed by atoms with Gasteiger partial charge in [0.15, 0.2) is 0 Å². The maximum atomic E-state index is 11.2. The number of carbonyl (C=O) groups excluding carboxylic acids is 2. The quantitative estimate of drug-likeness (QED) is 0.518. The molecule has 0 aromatic rings. The summed E-state index contributed by atoms with van der Waals surface area (Å²) in [5.74, 6) is -0.754. The molecular weight excluding hydrogens is 170 g/mol. The number of carbonyl (C=O) groups is 2. The number of nitrogens with one attached hydrogen (secondary N) is 1. The van der Waals surface area contributed by atoms with E-state index in [2.05, 4.69) is 5.32 Å². The van der Waals surface area contributed by atoms with E-state index in [-0.39, 0.29) is 5.91 Å². The monoisotopic (exact) mass is 183 g/mol. The molecule has 2 fully saturated rings. The van der Waals surface area contributed by atoms with Crippen LogP contribution < -0.4 is 5.32 Å². The summed E-state index contributed by atoms with van der Waals surface area (Å²) in [6, 6.07) is 0. The van der Waals surface area contributed by atoms with Crippen molar-refractivity contribution in [3.63, 3.8) is 0 Å². The Morgan fingerprint density at radius 3 is 2.54 bits per heavy atom. The molecular formula is C9H13NO3. The minimum Gasteiger partial charge on any atom is -0.383 e. The van der Waals surface area contributed by atoms with Crippen LogP contribution in [0.2, 0.25) is 0 Å². The first-order valence-corrected chi connectivity index (χ1v) is 4.66. The van der Waals surface area contributed by atoms with Crippen LogP contribution in [0.4, 0.5) is 0 Å². The van der Waals surface area contributed by atoms with Crippen LogP contribution in [0.3, 0.4) is 0 Å². The Morgan fingerprint density at radius 2 is 1.92 bits per heavy atom. The van der Waals surface area contributed by atoms with Crippen LogP contribution in [0.25, 0.3) is 0 Å². The van der Waals surface area contributed by atoms with Crippen LogP contribution in [-0.2, 0) is 9.59 Å². The van der Waals surface area contributed by atoms with Gasteiger partial charge in [0.25, 0.3) is 5.91 Å². The highest BCUT2D eigenvalue weighted by molar-refractivity contribution is 6.00. The molecule has 1 aliphatic carbocycles. The van der Waals surface area contributed by atoms with Crippen LogP contribution in [0.15, 0.2) is 0 Å². The average Bonchev–Trinajstić information content (AvgIpc) is 2.50. The van der Waals surface area contributed by atoms with E-state index in [1.54, 1.807) is 0 Å². The molecule has 0 bridgehead atoms. The van der Waals surface area contributed by atoms with Gasteiger partial charge in [-0.25, -0.2) is 0 Å². The molecule has 1 heterocycles. The van der Waals surface area contributed by atoms with E-state index in [0.717, 1.165) is 25.7 Å². The molecule has 0 aromatic carbocycles. The minimum absolute atomic E-state index is 0.239. The van der Waals surface area contributed by atoms with Crippen molar-refractivity contribution in [1.29, 1.82) is 0 Å². The first-order chi connectivity index (χ1) is 6.14. The van der Waals surface area contributed by atoms with Crippen molar-refractivity contribution >= 4 is 11.8 Å². The molecule has 2 amide bonds. The standard InChI is InChI=1S/C9H13NO3/c11-6-5-9(3-1-2-4-9)7(12)8(13)10-6/h7,12H,1-5H2,(H,10,11,13). The summed E-state index contributed by atoms with van der Waals surface area (Å²) < 4.78 is 0. The molecule has 2 N–H and O–H groups in total. The lowest BCUT2D eigenvalue weighted by molar-refractivity contribution is -0.150. The van der Waals surface area contributed by atoms with Crippen molar-refractivity contribution in [1.82, 2.24) is 5.32 Å². The smallest absolute Gasteiger partial charge is 0.255 e. The van der Waals surface area contributed by atoms with Gasteiger partial charge >= 0.3 is 0 Å². The Hall–Kier alpha value is -0.900. The van der Waals surface area contributed by atoms with Crippen molar-refractivity contribution in [2.75, 3.05) is 0 Å². The molecule has 1 aliphatic heterocycles. The van der Waals surface area contributed by atoms with Gasteiger partial charge in [0.1, 0.15) is 6.10 Å². The molecule has 72 valence electrons. The zero-order valence-electron chi connectivity index (χ0n) is 7.38. The number of imide groups is 1. The summed E-state index contributed by atoms with van der Waals surface area (Å²) in [7, 11) is 0. The van der Waals surface area contributed by atoms with Crippen LogP contribution in [-0.4, -0.2) is 23.0 Å². The van der Waals surface area contributed by atoms with Crippen LogP contribution in [0.1, 0.15) is 32.1 Å². The molecule has 1 unspecified atom stereocenters. The third-order valence-electron chi connectivity index (χ3n) is 3.20. The van der Waals surface area contributed by atoms with Gasteiger partial charge in [0.05, 0.1) is 0 Å². The zero-order chi connectivity index (χ0) is 9.47. The predicted molar refractivity (Wildman–Crippen MR) is 44.7 cm³/mol. The Labute approximate surface area is 76.3 Å². The SMILES string of the molecule is O=C1CC2(CCCC2)C(O)C(=O)N1. The fourth-order valence-corrected chi connectivity index (χ4v) is 2.47. The molecule has 1 saturated carbocycles. The lowest BCUT2D eigenvalue weighted by Gasteiger charge is -2.36. The molecule has 4 heteroatoms. The summed E-state index contributed by atoms with van der Waals surface area (Å²) in [6.07, 6.45) is 2.95. The lowest BCUT2D eigenvalue weighted by Crippen LogP contribution is -2.54. The van der Waals surface area contributed by atoms with Crippen molar-refractivity contribution in [2.45, 2.75) is 38.2 Å². The minimum atomic E-state index is -0.979. The summed E-state index contributed by atoms with van der Waals surface area (Å²) in [5.41, 5.74) is -0.431. The largest absolute Gasteiger partial charge is 0.383 e. The molecule has 0 aromatic heterocycles. The second kappa shape index (κ2) is 2.80. The maximum Gasteiger partial charge on any atom is 0.255 e. The molecule has 1 saturated heterocycles. The number of rotatable bonds is 0. The fourth-order valence-electron chi connectivity index (χ4n) is 2.47. The van der Waals surface area contributed by atoms with Crippen LogP contribution in [0.5, 0.6) is 0 Å². The van der Waals surface area contributed by atoms with Crippen molar-refractivity contribution in [2.24, 2.45) is 5.41 Å². The molecule has 1 spiro atoms. The van der Waals surface area contributed by atoms with Gasteiger partial charge in [-0.3, -0.25) is 14.9 Å². The highest BCUT2D eigenvalue weighted by atomic mass is 16.3. The van der Waals surface area contributed by atoms with Gasteiger partial charge in [-0.1, -0.05) is 12.8 Å². The summed E-state index contributed by atoms with van der Waals surface area (Å²) in [5, 5.41) is 11.8. The van der Waals surface area contributed by atoms with E-state index in [1.165, 1.54) is 0 Å². The van der Waals surface area contributed by atoms with E-state index in [0.29, 0.717) is 6.42 Å². The number of piperidine rings is 1. The molecule has 2 aliphatic rings. The number of aliphatic hydroxyl groups is 1. The topological polar surface area (TPSA) is 66.4 Å². The van der Waals surface area contributed by atoms with Gasteiger partial charge in [-0.2, -0.15) is 0 Å². The first kappa shape index (κ1) is 8.69. The van der Waals surface area contributed by atoms with E-state index >= 15 is 0 Å². The van der Waals surface area contributed by atoms with E-state index < -0.39 is 17.4 Å². The van der Waals surface area contributed by atoms with Crippen LogP contribution in [0, 0.1) is 5.41 Å². The first-order valence-electron chi connectivity index (χ1n) is 4.66. The van der Waals surface area contributed by atoms with Gasteiger partial charge in [-0.15, -0.1) is 0 Å². The number of hydrogen-bond acceptors (Lipinski definition) is 3. The number of aliphatic hydroxyl groups excluding tert-OH is 1. The third kappa shape index (κ3) is 1.25. The predicted octanol–water partition coefficient (Wildman–Crippen LogP) is -0.0458. The highest BCUT2D eigenvalue weighted by Crippen LogP contribution is 2.45. The second-order valence-electron chi connectivity index (χ2n) is 4.06. The maximum absolute atomic E-state index is 11.2. The Morgan fingerprint density at radius 1 is 1.31 bits per heavy atom. The van der Waals surface area contributed by atoms with Gasteiger partial charge in [-0.05, 0) is 12.8 Å². The Kier molecular flexibility index (Phi) is 1.87. The zero-order valence-corrected chi connectivity index (χ0v) is 7.38. The third-order valence-corrected chi connectivity index (χ3v) is 3.20. The second-order valence-corrected chi connectivity index (χ2v) is 4.06. The summed E-state index contributed by atoms with van der Waals surface area (Å²) in [6.45, 7) is 0. The van der Waals surface area contributed by atoms with Crippen LogP contribution >= 0.6 is 0 Å². The van der Waals surface area contributed by atoms with Crippen molar-refractivity contribution < 1.29 is 14.7 Å². The molecule has 4 nitrogen and oxygen atoms in total. The normalized spacial score (nSPS) is 32.2. The number of amides is 2.